The summed E-state index contributed by atoms with van der Waals surface area (Å²) in [5.41, 5.74) is 0.894. The molecule has 2 atom stereocenters. The molecule has 17 heavy (non-hydrogen) atoms. The molecule has 1 N–H and O–H groups in total. The third kappa shape index (κ3) is 7.34. The van der Waals surface area contributed by atoms with Crippen LogP contribution in [0.1, 0.15) is 26.7 Å². The lowest BCUT2D eigenvalue weighted by molar-refractivity contribution is -0.136. The van der Waals surface area contributed by atoms with E-state index in [-0.39, 0.29) is 6.42 Å². The lowest BCUT2D eigenvalue weighted by Crippen LogP contribution is -2.05. The van der Waals surface area contributed by atoms with Gasteiger partial charge in [-0.05, 0) is 23.8 Å². The van der Waals surface area contributed by atoms with E-state index in [0.717, 1.165) is 12.0 Å². The average Bonchev–Trinajstić information content (AvgIpc) is 2.28. The Kier molecular flexibility index (Phi) is 7.78. The maximum atomic E-state index is 10.4. The molecule has 0 heterocycles. The van der Waals surface area contributed by atoms with Gasteiger partial charge in [0.2, 0.25) is 0 Å². The molecule has 0 saturated heterocycles. The number of carboxylic acid groups (broad SMARTS) is 1. The van der Waals surface area contributed by atoms with Gasteiger partial charge in [-0.15, -0.1) is 0 Å². The predicted molar refractivity (Wildman–Crippen MR) is 72.8 cm³/mol. The van der Waals surface area contributed by atoms with Crippen LogP contribution in [0.2, 0.25) is 0 Å². The zero-order chi connectivity index (χ0) is 13.3. The Hall–Kier alpha value is -1.57. The van der Waals surface area contributed by atoms with E-state index in [1.165, 1.54) is 0 Å². The molecule has 0 radical (unpaired) electrons. The summed E-state index contributed by atoms with van der Waals surface area (Å²) in [5.74, 6) is -0.0676. The summed E-state index contributed by atoms with van der Waals surface area (Å²) in [6, 6.07) is 0. The van der Waals surface area contributed by atoms with Gasteiger partial charge in [0, 0.05) is 0 Å². The Balaban J connectivity index is 4.39. The van der Waals surface area contributed by atoms with Gasteiger partial charge in [0.15, 0.2) is 0 Å². The topological polar surface area (TPSA) is 37.3 Å². The fraction of sp³-hybridized carbons (Fsp3) is 0.400. The first-order valence-corrected chi connectivity index (χ1v) is 5.89. The van der Waals surface area contributed by atoms with Crippen LogP contribution in [0.25, 0.3) is 0 Å². The van der Waals surface area contributed by atoms with Crippen molar-refractivity contribution in [2.45, 2.75) is 26.7 Å². The quantitative estimate of drug-likeness (QED) is 0.509. The van der Waals surface area contributed by atoms with Gasteiger partial charge in [-0.3, -0.25) is 4.79 Å². The van der Waals surface area contributed by atoms with Gasteiger partial charge in [-0.25, -0.2) is 0 Å². The van der Waals surface area contributed by atoms with Gasteiger partial charge in [0.05, 0.1) is 6.42 Å². The van der Waals surface area contributed by atoms with Crippen molar-refractivity contribution in [3.8, 4) is 0 Å². The zero-order valence-electron chi connectivity index (χ0n) is 10.7. The third-order valence-electron chi connectivity index (χ3n) is 2.70. The Labute approximate surface area is 104 Å². The molecule has 0 bridgehead atoms. The highest BCUT2D eigenvalue weighted by Crippen LogP contribution is 2.19. The monoisotopic (exact) mass is 234 g/mol. The number of carbonyl (C=O) groups is 1. The van der Waals surface area contributed by atoms with Gasteiger partial charge in [0.1, 0.15) is 0 Å². The van der Waals surface area contributed by atoms with Crippen LogP contribution < -0.4 is 0 Å². The Morgan fingerprint density at radius 3 is 2.53 bits per heavy atom. The molecule has 0 rings (SSSR count). The second-order valence-electron chi connectivity index (χ2n) is 4.10. The van der Waals surface area contributed by atoms with E-state index in [1.54, 1.807) is 12.2 Å². The molecule has 0 aromatic rings. The number of carboxylic acids is 1. The maximum Gasteiger partial charge on any atom is 0.307 e. The second kappa shape index (κ2) is 8.57. The first-order valence-electron chi connectivity index (χ1n) is 5.89. The van der Waals surface area contributed by atoms with Crippen LogP contribution in [0.4, 0.5) is 0 Å². The van der Waals surface area contributed by atoms with Crippen LogP contribution in [-0.2, 0) is 4.79 Å². The highest BCUT2D eigenvalue weighted by molar-refractivity contribution is 5.68. The zero-order valence-corrected chi connectivity index (χ0v) is 10.7. The van der Waals surface area contributed by atoms with Gasteiger partial charge in [0.25, 0.3) is 0 Å². The van der Waals surface area contributed by atoms with Gasteiger partial charge >= 0.3 is 5.97 Å². The summed E-state index contributed by atoms with van der Waals surface area (Å²) in [7, 11) is 0. The van der Waals surface area contributed by atoms with E-state index in [1.807, 2.05) is 12.2 Å². The van der Waals surface area contributed by atoms with Gasteiger partial charge < -0.3 is 5.11 Å². The molecule has 0 aliphatic heterocycles. The van der Waals surface area contributed by atoms with Crippen molar-refractivity contribution in [2.75, 3.05) is 0 Å². The largest absolute Gasteiger partial charge is 0.481 e. The summed E-state index contributed by atoms with van der Waals surface area (Å²) in [5, 5.41) is 8.54. The number of aliphatic carboxylic acids is 1. The van der Waals surface area contributed by atoms with Crippen LogP contribution in [0.3, 0.4) is 0 Å². The fourth-order valence-electron chi connectivity index (χ4n) is 1.52. The lowest BCUT2D eigenvalue weighted by atomic mass is 9.90. The molecule has 0 aliphatic rings. The molecule has 0 aliphatic carbocycles. The predicted octanol–water partition coefficient (Wildman–Crippen LogP) is 3.98. The van der Waals surface area contributed by atoms with Crippen molar-refractivity contribution in [1.29, 1.82) is 0 Å². The molecule has 2 heteroatoms. The molecule has 0 aromatic carbocycles. The van der Waals surface area contributed by atoms with Crippen LogP contribution >= 0.6 is 0 Å². The molecule has 0 saturated carbocycles. The van der Waals surface area contributed by atoms with E-state index < -0.39 is 5.97 Å². The second-order valence-corrected chi connectivity index (χ2v) is 4.10. The number of hydrogen-bond donors (Lipinski definition) is 1. The number of rotatable bonds is 8. The van der Waals surface area contributed by atoms with E-state index in [2.05, 4.69) is 33.1 Å². The molecule has 94 valence electrons. The third-order valence-corrected chi connectivity index (χ3v) is 2.70. The highest BCUT2D eigenvalue weighted by atomic mass is 16.4. The van der Waals surface area contributed by atoms with Crippen molar-refractivity contribution in [3.05, 3.63) is 49.1 Å². The molecule has 0 aromatic heterocycles. The summed E-state index contributed by atoms with van der Waals surface area (Å²) < 4.78 is 0. The first-order chi connectivity index (χ1) is 8.01. The van der Waals surface area contributed by atoms with Crippen LogP contribution in [-0.4, -0.2) is 11.1 Å². The van der Waals surface area contributed by atoms with Crippen molar-refractivity contribution in [1.82, 2.24) is 0 Å². The highest BCUT2D eigenvalue weighted by Gasteiger charge is 2.09. The van der Waals surface area contributed by atoms with Crippen molar-refractivity contribution >= 4 is 5.97 Å². The standard InChI is InChI=1S/C15H22O2/c1-5-12(3)10-11-14(6-2)13(4)8-7-9-15(16)17/h5,7-8,10-11,13-14H,1,3,6,9H2,2,4H3,(H,16,17)/b8-7-,11-10-. The first kappa shape index (κ1) is 15.4. The van der Waals surface area contributed by atoms with E-state index in [0.29, 0.717) is 11.8 Å². The Bertz CT molecular complexity index is 324. The van der Waals surface area contributed by atoms with E-state index >= 15 is 0 Å². The van der Waals surface area contributed by atoms with Crippen LogP contribution in [0.5, 0.6) is 0 Å². The summed E-state index contributed by atoms with van der Waals surface area (Å²) in [4.78, 5) is 10.4. The lowest BCUT2D eigenvalue weighted by Gasteiger charge is -2.15. The van der Waals surface area contributed by atoms with Crippen molar-refractivity contribution in [2.24, 2.45) is 11.8 Å². The van der Waals surface area contributed by atoms with Crippen LogP contribution in [0, 0.1) is 11.8 Å². The molecule has 0 fully saturated rings. The summed E-state index contributed by atoms with van der Waals surface area (Å²) in [6.07, 6.45) is 10.6. The Morgan fingerprint density at radius 2 is 2.06 bits per heavy atom. The minimum Gasteiger partial charge on any atom is -0.481 e. The number of hydrogen-bond acceptors (Lipinski definition) is 1. The van der Waals surface area contributed by atoms with Crippen LogP contribution in [0.15, 0.2) is 49.1 Å². The van der Waals surface area contributed by atoms with E-state index in [9.17, 15) is 4.79 Å². The molecular formula is C15H22O2. The molecule has 0 amide bonds. The minimum absolute atomic E-state index is 0.0872. The molecule has 2 unspecified atom stereocenters. The molecule has 2 nitrogen and oxygen atoms in total. The molecule has 0 spiro atoms. The van der Waals surface area contributed by atoms with Crippen molar-refractivity contribution in [3.63, 3.8) is 0 Å². The SMILES string of the molecule is C=CC(=C)/C=C\C(CC)C(C)/C=C\CC(=O)O. The maximum absolute atomic E-state index is 10.4. The van der Waals surface area contributed by atoms with Gasteiger partial charge in [-0.1, -0.05) is 57.4 Å². The molecular weight excluding hydrogens is 212 g/mol. The summed E-state index contributed by atoms with van der Waals surface area (Å²) in [6.45, 7) is 11.7. The fourth-order valence-corrected chi connectivity index (χ4v) is 1.52. The van der Waals surface area contributed by atoms with Crippen molar-refractivity contribution < 1.29 is 9.90 Å². The van der Waals surface area contributed by atoms with Gasteiger partial charge in [-0.2, -0.15) is 0 Å². The summed E-state index contributed by atoms with van der Waals surface area (Å²) >= 11 is 0. The normalized spacial score (nSPS) is 14.9. The smallest absolute Gasteiger partial charge is 0.307 e. The van der Waals surface area contributed by atoms with E-state index in [4.69, 9.17) is 5.11 Å². The number of allylic oxidation sites excluding steroid dienone is 5. The Morgan fingerprint density at radius 1 is 1.41 bits per heavy atom. The average molecular weight is 234 g/mol. The minimum atomic E-state index is -0.794.